The van der Waals surface area contributed by atoms with Gasteiger partial charge in [-0.1, -0.05) is 31.4 Å². The van der Waals surface area contributed by atoms with Gasteiger partial charge in [0.2, 0.25) is 17.7 Å². The van der Waals surface area contributed by atoms with Crippen molar-refractivity contribution in [2.24, 2.45) is 11.8 Å². The second kappa shape index (κ2) is 6.63. The second-order valence-electron chi connectivity index (χ2n) is 6.64. The summed E-state index contributed by atoms with van der Waals surface area (Å²) in [6, 6.07) is 0.276. The summed E-state index contributed by atoms with van der Waals surface area (Å²) in [5, 5.41) is 3.03. The van der Waals surface area contributed by atoms with Gasteiger partial charge in [-0.2, -0.15) is 0 Å². The van der Waals surface area contributed by atoms with E-state index in [0.717, 1.165) is 12.8 Å². The molecule has 0 radical (unpaired) electrons. The van der Waals surface area contributed by atoms with Crippen molar-refractivity contribution in [1.29, 1.82) is 0 Å². The molecule has 5 heteroatoms. The number of hydrogen-bond donors (Lipinski definition) is 1. The molecule has 22 heavy (non-hydrogen) atoms. The first-order chi connectivity index (χ1) is 10.7. The largest absolute Gasteiger partial charge is 0.353 e. The first-order valence-electron chi connectivity index (χ1n) is 8.46. The fraction of sp³-hybridized carbons (Fsp3) is 0.706. The molecule has 3 rings (SSSR count). The molecule has 2 atom stereocenters. The molecule has 1 saturated carbocycles. The maximum absolute atomic E-state index is 12.3. The third-order valence-corrected chi connectivity index (χ3v) is 5.13. The number of carbonyl (C=O) groups excluding carboxylic acids is 3. The van der Waals surface area contributed by atoms with Crippen LogP contribution in [0.15, 0.2) is 12.2 Å². The molecule has 0 aromatic carbocycles. The van der Waals surface area contributed by atoms with Crippen LogP contribution in [0.25, 0.3) is 0 Å². The molecule has 1 N–H and O–H groups in total. The Labute approximate surface area is 131 Å². The molecular weight excluding hydrogens is 280 g/mol. The van der Waals surface area contributed by atoms with Crippen LogP contribution in [0, 0.1) is 11.8 Å². The average molecular weight is 304 g/mol. The lowest BCUT2D eigenvalue weighted by atomic mass is 9.85. The van der Waals surface area contributed by atoms with E-state index in [-0.39, 0.29) is 48.6 Å². The molecule has 1 saturated heterocycles. The van der Waals surface area contributed by atoms with Crippen LogP contribution in [-0.4, -0.2) is 35.2 Å². The smallest absolute Gasteiger partial charge is 0.233 e. The molecule has 2 fully saturated rings. The van der Waals surface area contributed by atoms with Crippen LogP contribution in [-0.2, 0) is 14.4 Å². The first kappa shape index (κ1) is 15.3. The van der Waals surface area contributed by atoms with E-state index in [1.54, 1.807) is 0 Å². The lowest BCUT2D eigenvalue weighted by Crippen LogP contribution is -2.39. The van der Waals surface area contributed by atoms with Gasteiger partial charge < -0.3 is 5.32 Å². The summed E-state index contributed by atoms with van der Waals surface area (Å²) in [6.45, 7) is 0.225. The van der Waals surface area contributed by atoms with Gasteiger partial charge in [-0.05, 0) is 25.7 Å². The van der Waals surface area contributed by atoms with E-state index in [2.05, 4.69) is 5.32 Å². The predicted molar refractivity (Wildman–Crippen MR) is 81.7 cm³/mol. The Morgan fingerprint density at radius 1 is 1.05 bits per heavy atom. The SMILES string of the molecule is O=C(CCN1C(=O)[C@@H]2CC=CC[C@H]2C1=O)NC1CCCCC1. The molecule has 0 unspecified atom stereocenters. The number of imide groups is 1. The lowest BCUT2D eigenvalue weighted by Gasteiger charge is -2.23. The van der Waals surface area contributed by atoms with Crippen molar-refractivity contribution in [2.75, 3.05) is 6.54 Å². The number of amides is 3. The van der Waals surface area contributed by atoms with E-state index >= 15 is 0 Å². The van der Waals surface area contributed by atoms with Gasteiger partial charge in [0.15, 0.2) is 0 Å². The van der Waals surface area contributed by atoms with Crippen molar-refractivity contribution in [2.45, 2.75) is 57.4 Å². The van der Waals surface area contributed by atoms with Crippen LogP contribution in [0.2, 0.25) is 0 Å². The fourth-order valence-electron chi connectivity index (χ4n) is 3.85. The van der Waals surface area contributed by atoms with Crippen molar-refractivity contribution < 1.29 is 14.4 Å². The van der Waals surface area contributed by atoms with Gasteiger partial charge in [0, 0.05) is 19.0 Å². The molecule has 2 aliphatic carbocycles. The summed E-state index contributed by atoms with van der Waals surface area (Å²) < 4.78 is 0. The minimum atomic E-state index is -0.195. The van der Waals surface area contributed by atoms with E-state index in [9.17, 15) is 14.4 Å². The Kier molecular flexibility index (Phi) is 4.60. The van der Waals surface area contributed by atoms with Gasteiger partial charge in [0.25, 0.3) is 0 Å². The Balaban J connectivity index is 1.49. The number of carbonyl (C=O) groups is 3. The third kappa shape index (κ3) is 3.08. The number of nitrogens with one attached hydrogen (secondary N) is 1. The lowest BCUT2D eigenvalue weighted by molar-refractivity contribution is -0.140. The zero-order valence-corrected chi connectivity index (χ0v) is 12.9. The van der Waals surface area contributed by atoms with E-state index < -0.39 is 0 Å². The van der Waals surface area contributed by atoms with Gasteiger partial charge in [0.05, 0.1) is 11.8 Å². The predicted octanol–water partition coefficient (Wildman–Crippen LogP) is 1.78. The number of rotatable bonds is 4. The molecular formula is C17H24N2O3. The molecule has 3 aliphatic rings. The topological polar surface area (TPSA) is 66.5 Å². The highest BCUT2D eigenvalue weighted by molar-refractivity contribution is 6.05. The second-order valence-corrected chi connectivity index (χ2v) is 6.64. The summed E-state index contributed by atoms with van der Waals surface area (Å²) in [7, 11) is 0. The number of allylic oxidation sites excluding steroid dienone is 2. The van der Waals surface area contributed by atoms with Crippen molar-refractivity contribution in [1.82, 2.24) is 10.2 Å². The highest BCUT2D eigenvalue weighted by Crippen LogP contribution is 2.34. The normalized spacial score (nSPS) is 28.8. The van der Waals surface area contributed by atoms with E-state index in [1.807, 2.05) is 12.2 Å². The van der Waals surface area contributed by atoms with Gasteiger partial charge in [-0.15, -0.1) is 0 Å². The quantitative estimate of drug-likeness (QED) is 0.636. The summed E-state index contributed by atoms with van der Waals surface area (Å²) in [5.74, 6) is -0.618. The molecule has 0 aromatic rings. The van der Waals surface area contributed by atoms with Crippen LogP contribution < -0.4 is 5.32 Å². The van der Waals surface area contributed by atoms with E-state index in [0.29, 0.717) is 12.8 Å². The molecule has 0 spiro atoms. The highest BCUT2D eigenvalue weighted by Gasteiger charge is 2.46. The minimum Gasteiger partial charge on any atom is -0.353 e. The Hall–Kier alpha value is -1.65. The van der Waals surface area contributed by atoms with Crippen LogP contribution in [0.3, 0.4) is 0 Å². The Morgan fingerprint density at radius 3 is 2.23 bits per heavy atom. The van der Waals surface area contributed by atoms with E-state index in [4.69, 9.17) is 0 Å². The number of nitrogens with zero attached hydrogens (tertiary/aromatic N) is 1. The molecule has 0 aromatic heterocycles. The van der Waals surface area contributed by atoms with Gasteiger partial charge in [0.1, 0.15) is 0 Å². The third-order valence-electron chi connectivity index (χ3n) is 5.13. The molecule has 5 nitrogen and oxygen atoms in total. The average Bonchev–Trinajstić information content (AvgIpc) is 2.78. The van der Waals surface area contributed by atoms with Crippen LogP contribution >= 0.6 is 0 Å². The van der Waals surface area contributed by atoms with Crippen molar-refractivity contribution >= 4 is 17.7 Å². The standard InChI is InChI=1S/C17H24N2O3/c20-15(18-12-6-2-1-3-7-12)10-11-19-16(21)13-8-4-5-9-14(13)17(19)22/h4-5,12-14H,1-3,6-11H2,(H,18,20)/t13-,14-/m1/s1. The van der Waals surface area contributed by atoms with Crippen LogP contribution in [0.4, 0.5) is 0 Å². The molecule has 0 bridgehead atoms. The van der Waals surface area contributed by atoms with Crippen LogP contribution in [0.5, 0.6) is 0 Å². The fourth-order valence-corrected chi connectivity index (χ4v) is 3.85. The zero-order valence-electron chi connectivity index (χ0n) is 12.9. The number of fused-ring (bicyclic) bond motifs is 1. The molecule has 3 amide bonds. The summed E-state index contributed by atoms with van der Waals surface area (Å²) in [4.78, 5) is 37.9. The maximum Gasteiger partial charge on any atom is 0.233 e. The monoisotopic (exact) mass is 304 g/mol. The molecule has 1 heterocycles. The minimum absolute atomic E-state index is 0.0412. The Morgan fingerprint density at radius 2 is 1.64 bits per heavy atom. The van der Waals surface area contributed by atoms with E-state index in [1.165, 1.54) is 24.2 Å². The summed E-state index contributed by atoms with van der Waals surface area (Å²) in [5.41, 5.74) is 0. The van der Waals surface area contributed by atoms with Crippen molar-refractivity contribution in [3.63, 3.8) is 0 Å². The first-order valence-corrected chi connectivity index (χ1v) is 8.46. The molecule has 1 aliphatic heterocycles. The van der Waals surface area contributed by atoms with Crippen molar-refractivity contribution in [3.8, 4) is 0 Å². The van der Waals surface area contributed by atoms with Gasteiger partial charge >= 0.3 is 0 Å². The highest BCUT2D eigenvalue weighted by atomic mass is 16.2. The van der Waals surface area contributed by atoms with Gasteiger partial charge in [-0.3, -0.25) is 19.3 Å². The van der Waals surface area contributed by atoms with Gasteiger partial charge in [-0.25, -0.2) is 0 Å². The number of hydrogen-bond acceptors (Lipinski definition) is 3. The molecule has 120 valence electrons. The van der Waals surface area contributed by atoms with Crippen LogP contribution in [0.1, 0.15) is 51.4 Å². The van der Waals surface area contributed by atoms with Crippen molar-refractivity contribution in [3.05, 3.63) is 12.2 Å². The Bertz CT molecular complexity index is 468. The summed E-state index contributed by atoms with van der Waals surface area (Å²) >= 11 is 0. The summed E-state index contributed by atoms with van der Waals surface area (Å²) in [6.07, 6.45) is 11.2. The number of likely N-dealkylation sites (tertiary alicyclic amines) is 1. The maximum atomic E-state index is 12.3. The zero-order chi connectivity index (χ0) is 15.5.